The molecule has 0 spiro atoms. The van der Waals surface area contributed by atoms with Crippen LogP contribution in [0.25, 0.3) is 0 Å². The van der Waals surface area contributed by atoms with E-state index in [2.05, 4.69) is 21.3 Å². The number of urea groups is 2. The Morgan fingerprint density at radius 2 is 0.733 bits per heavy atom. The van der Waals surface area contributed by atoms with Gasteiger partial charge in [-0.3, -0.25) is 0 Å². The number of aryl methyl sites for hydroxylation is 4. The summed E-state index contributed by atoms with van der Waals surface area (Å²) in [5, 5.41) is 11.2. The maximum atomic E-state index is 12.2. The van der Waals surface area contributed by atoms with Crippen LogP contribution in [-0.4, -0.2) is 12.1 Å². The number of hydrogen-bond acceptors (Lipinski definition) is 2. The van der Waals surface area contributed by atoms with E-state index in [0.29, 0.717) is 11.4 Å². The number of benzene rings is 3. The summed E-state index contributed by atoms with van der Waals surface area (Å²) in [6.45, 7) is 7.94. The highest BCUT2D eigenvalue weighted by atomic mass is 16.2. The molecule has 0 bridgehead atoms. The number of amides is 4. The molecule has 0 saturated carbocycles. The van der Waals surface area contributed by atoms with E-state index in [1.165, 1.54) is 0 Å². The van der Waals surface area contributed by atoms with Gasteiger partial charge in [-0.05, 0) is 98.5 Å². The molecule has 0 atom stereocenters. The van der Waals surface area contributed by atoms with E-state index in [1.807, 2.05) is 64.1 Å². The highest BCUT2D eigenvalue weighted by molar-refractivity contribution is 6.01. The Morgan fingerprint density at radius 1 is 0.467 bits per heavy atom. The third kappa shape index (κ3) is 6.10. The van der Waals surface area contributed by atoms with Gasteiger partial charge in [-0.2, -0.15) is 0 Å². The molecule has 154 valence electrons. The van der Waals surface area contributed by atoms with Gasteiger partial charge >= 0.3 is 12.1 Å². The van der Waals surface area contributed by atoms with Gasteiger partial charge in [0.1, 0.15) is 0 Å². The van der Waals surface area contributed by atoms with Crippen molar-refractivity contribution >= 4 is 34.8 Å². The van der Waals surface area contributed by atoms with Crippen molar-refractivity contribution in [3.8, 4) is 0 Å². The van der Waals surface area contributed by atoms with E-state index in [4.69, 9.17) is 0 Å². The summed E-state index contributed by atoms with van der Waals surface area (Å²) in [6.07, 6.45) is 0. The van der Waals surface area contributed by atoms with Gasteiger partial charge in [-0.15, -0.1) is 0 Å². The average molecular weight is 402 g/mol. The molecule has 0 aliphatic rings. The van der Waals surface area contributed by atoms with Gasteiger partial charge in [0.05, 0.1) is 0 Å². The van der Waals surface area contributed by atoms with Gasteiger partial charge in [0.25, 0.3) is 0 Å². The molecule has 0 aliphatic carbocycles. The number of anilines is 4. The highest BCUT2D eigenvalue weighted by Gasteiger charge is 2.06. The Morgan fingerprint density at radius 3 is 1.03 bits per heavy atom. The second-order valence-corrected chi connectivity index (χ2v) is 7.49. The first-order chi connectivity index (χ1) is 14.3. The standard InChI is InChI=1S/C24H26N4O2/c1-15-9-16(2)12-21(11-15)27-23(29)25-19-5-7-20(8-6-19)26-24(30)28-22-13-17(3)10-18(4)14-22/h5-14H,1-4H3,(H2,25,27,29)(H2,26,28,30). The van der Waals surface area contributed by atoms with Crippen LogP contribution in [0.15, 0.2) is 60.7 Å². The van der Waals surface area contributed by atoms with Crippen molar-refractivity contribution in [2.75, 3.05) is 21.3 Å². The molecular formula is C24H26N4O2. The second kappa shape index (κ2) is 9.13. The molecule has 4 amide bonds. The zero-order valence-electron chi connectivity index (χ0n) is 17.6. The number of nitrogens with one attached hydrogen (secondary N) is 4. The maximum Gasteiger partial charge on any atom is 0.323 e. The van der Waals surface area contributed by atoms with Crippen molar-refractivity contribution < 1.29 is 9.59 Å². The smallest absolute Gasteiger partial charge is 0.308 e. The third-order valence-electron chi connectivity index (χ3n) is 4.36. The minimum absolute atomic E-state index is 0.326. The molecule has 0 heterocycles. The molecule has 0 radical (unpaired) electrons. The molecule has 6 heteroatoms. The molecule has 3 rings (SSSR count). The summed E-state index contributed by atoms with van der Waals surface area (Å²) in [7, 11) is 0. The lowest BCUT2D eigenvalue weighted by molar-refractivity contribution is 0.261. The molecule has 30 heavy (non-hydrogen) atoms. The van der Waals surface area contributed by atoms with E-state index in [9.17, 15) is 9.59 Å². The lowest BCUT2D eigenvalue weighted by Crippen LogP contribution is -2.20. The van der Waals surface area contributed by atoms with Gasteiger partial charge < -0.3 is 21.3 Å². The quantitative estimate of drug-likeness (QED) is 0.418. The summed E-state index contributed by atoms with van der Waals surface area (Å²) in [4.78, 5) is 24.4. The topological polar surface area (TPSA) is 82.3 Å². The lowest BCUT2D eigenvalue weighted by atomic mass is 10.1. The molecule has 0 saturated heterocycles. The van der Waals surface area contributed by atoms with Crippen molar-refractivity contribution in [1.82, 2.24) is 0 Å². The lowest BCUT2D eigenvalue weighted by Gasteiger charge is -2.11. The Balaban J connectivity index is 1.55. The van der Waals surface area contributed by atoms with E-state index in [0.717, 1.165) is 33.6 Å². The van der Waals surface area contributed by atoms with E-state index < -0.39 is 0 Å². The molecule has 0 aliphatic heterocycles. The summed E-state index contributed by atoms with van der Waals surface area (Å²) in [5.41, 5.74) is 7.06. The summed E-state index contributed by atoms with van der Waals surface area (Å²) >= 11 is 0. The SMILES string of the molecule is Cc1cc(C)cc(NC(=O)Nc2ccc(NC(=O)Nc3cc(C)cc(C)c3)cc2)c1. The molecule has 0 aromatic heterocycles. The van der Waals surface area contributed by atoms with Crippen LogP contribution in [0.5, 0.6) is 0 Å². The Kier molecular flexibility index (Phi) is 6.37. The van der Waals surface area contributed by atoms with E-state index in [1.54, 1.807) is 24.3 Å². The van der Waals surface area contributed by atoms with Crippen LogP contribution in [0, 0.1) is 27.7 Å². The Bertz CT molecular complexity index is 948. The molecule has 6 nitrogen and oxygen atoms in total. The molecule has 3 aromatic rings. The Hall–Kier alpha value is -3.80. The number of hydrogen-bond donors (Lipinski definition) is 4. The van der Waals surface area contributed by atoms with Crippen LogP contribution in [-0.2, 0) is 0 Å². The zero-order chi connectivity index (χ0) is 21.7. The minimum atomic E-state index is -0.326. The fraction of sp³-hybridized carbons (Fsp3) is 0.167. The maximum absolute atomic E-state index is 12.2. The highest BCUT2D eigenvalue weighted by Crippen LogP contribution is 2.18. The van der Waals surface area contributed by atoms with Crippen molar-refractivity contribution in [3.05, 3.63) is 82.9 Å². The number of carbonyl (C=O) groups is 2. The predicted octanol–water partition coefficient (Wildman–Crippen LogP) is 6.21. The van der Waals surface area contributed by atoms with Crippen LogP contribution in [0.1, 0.15) is 22.3 Å². The zero-order valence-corrected chi connectivity index (χ0v) is 17.6. The van der Waals surface area contributed by atoms with Gasteiger partial charge in [0, 0.05) is 22.7 Å². The van der Waals surface area contributed by atoms with Gasteiger partial charge in [0.15, 0.2) is 0 Å². The van der Waals surface area contributed by atoms with Crippen molar-refractivity contribution in [2.45, 2.75) is 27.7 Å². The molecule has 3 aromatic carbocycles. The fourth-order valence-electron chi connectivity index (χ4n) is 3.32. The van der Waals surface area contributed by atoms with E-state index in [-0.39, 0.29) is 12.1 Å². The van der Waals surface area contributed by atoms with Gasteiger partial charge in [-0.25, -0.2) is 9.59 Å². The first kappa shape index (κ1) is 20.9. The van der Waals surface area contributed by atoms with Gasteiger partial charge in [-0.1, -0.05) is 12.1 Å². The summed E-state index contributed by atoms with van der Waals surface area (Å²) < 4.78 is 0. The third-order valence-corrected chi connectivity index (χ3v) is 4.36. The first-order valence-corrected chi connectivity index (χ1v) is 9.69. The van der Waals surface area contributed by atoms with Crippen LogP contribution < -0.4 is 21.3 Å². The van der Waals surface area contributed by atoms with E-state index >= 15 is 0 Å². The van der Waals surface area contributed by atoms with Crippen molar-refractivity contribution in [2.24, 2.45) is 0 Å². The van der Waals surface area contributed by atoms with Crippen molar-refractivity contribution in [1.29, 1.82) is 0 Å². The Labute approximate surface area is 176 Å². The van der Waals surface area contributed by atoms with Crippen LogP contribution >= 0.6 is 0 Å². The molecule has 4 N–H and O–H groups in total. The number of rotatable bonds is 4. The normalized spacial score (nSPS) is 10.3. The minimum Gasteiger partial charge on any atom is -0.308 e. The summed E-state index contributed by atoms with van der Waals surface area (Å²) in [5.74, 6) is 0. The molecular weight excluding hydrogens is 376 g/mol. The van der Waals surface area contributed by atoms with Crippen LogP contribution in [0.2, 0.25) is 0 Å². The average Bonchev–Trinajstić information content (AvgIpc) is 2.61. The second-order valence-electron chi connectivity index (χ2n) is 7.49. The first-order valence-electron chi connectivity index (χ1n) is 9.69. The van der Waals surface area contributed by atoms with Crippen LogP contribution in [0.4, 0.5) is 32.3 Å². The largest absolute Gasteiger partial charge is 0.323 e. The molecule has 0 unspecified atom stereocenters. The van der Waals surface area contributed by atoms with Crippen molar-refractivity contribution in [3.63, 3.8) is 0 Å². The monoisotopic (exact) mass is 402 g/mol. The fourth-order valence-corrected chi connectivity index (χ4v) is 3.32. The van der Waals surface area contributed by atoms with Crippen LogP contribution in [0.3, 0.4) is 0 Å². The number of carbonyl (C=O) groups excluding carboxylic acids is 2. The van der Waals surface area contributed by atoms with Gasteiger partial charge in [0.2, 0.25) is 0 Å². The summed E-state index contributed by atoms with van der Waals surface area (Å²) in [6, 6.07) is 18.0. The molecule has 0 fully saturated rings. The predicted molar refractivity (Wildman–Crippen MR) is 124 cm³/mol.